The van der Waals surface area contributed by atoms with Crippen LogP contribution in [0.15, 0.2) is 0 Å². The zero-order valence-corrected chi connectivity index (χ0v) is 16.3. The molecule has 0 spiro atoms. The molecule has 0 aromatic heterocycles. The minimum absolute atomic E-state index is 0.168. The summed E-state index contributed by atoms with van der Waals surface area (Å²) in [4.78, 5) is 0. The molecule has 0 saturated heterocycles. The Labute approximate surface area is 174 Å². The topological polar surface area (TPSA) is 12.0 Å². The van der Waals surface area contributed by atoms with Gasteiger partial charge in [0.25, 0.3) is 0 Å². The van der Waals surface area contributed by atoms with Crippen molar-refractivity contribution >= 4 is 0 Å². The Morgan fingerprint density at radius 3 is 1.09 bits per heavy atom. The van der Waals surface area contributed by atoms with Crippen LogP contribution < -0.4 is 5.32 Å². The molecule has 0 saturated carbocycles. The molecule has 1 N–H and O–H groups in total. The standard InChI is InChI=1S/C15H16F17N/c1-3-7(4-2)33-6-5-8(16,17)9(18,19)10(20,21)11(22,23)12(24,25)13(26,27)14(28,29)15(30,31)32/h7,33H,3-6H2,1-2H3. The van der Waals surface area contributed by atoms with E-state index in [4.69, 9.17) is 0 Å². The molecule has 0 unspecified atom stereocenters. The molecule has 0 aliphatic heterocycles. The molecule has 1 nitrogen and oxygen atoms in total. The van der Waals surface area contributed by atoms with Gasteiger partial charge in [0, 0.05) is 19.0 Å². The van der Waals surface area contributed by atoms with Crippen molar-refractivity contribution in [2.24, 2.45) is 0 Å². The van der Waals surface area contributed by atoms with E-state index in [-0.39, 0.29) is 12.8 Å². The maximum absolute atomic E-state index is 13.6. The molecule has 0 aromatic carbocycles. The second-order valence-electron chi connectivity index (χ2n) is 6.87. The van der Waals surface area contributed by atoms with E-state index in [2.05, 4.69) is 5.32 Å². The molecule has 0 fully saturated rings. The first-order chi connectivity index (χ1) is 14.2. The molecule has 18 heteroatoms. The van der Waals surface area contributed by atoms with Gasteiger partial charge >= 0.3 is 47.6 Å². The van der Waals surface area contributed by atoms with E-state index in [9.17, 15) is 74.6 Å². The Morgan fingerprint density at radius 2 is 0.788 bits per heavy atom. The summed E-state index contributed by atoms with van der Waals surface area (Å²) in [6.07, 6.45) is -9.87. The van der Waals surface area contributed by atoms with Crippen LogP contribution in [0.5, 0.6) is 0 Å². The van der Waals surface area contributed by atoms with Crippen molar-refractivity contribution in [1.82, 2.24) is 5.32 Å². The lowest BCUT2D eigenvalue weighted by molar-refractivity contribution is -0.461. The van der Waals surface area contributed by atoms with Gasteiger partial charge in [-0.3, -0.25) is 0 Å². The molecule has 0 heterocycles. The summed E-state index contributed by atoms with van der Waals surface area (Å²) in [5, 5.41) is 2.09. The highest BCUT2D eigenvalue weighted by atomic mass is 19.4. The molecule has 200 valence electrons. The maximum Gasteiger partial charge on any atom is 0.460 e. The molecule has 0 aliphatic carbocycles. The summed E-state index contributed by atoms with van der Waals surface area (Å²) in [6, 6.07) is -0.677. The van der Waals surface area contributed by atoms with E-state index in [1.165, 1.54) is 13.8 Å². The summed E-state index contributed by atoms with van der Waals surface area (Å²) in [7, 11) is 0. The molecule has 0 aromatic rings. The monoisotopic (exact) mass is 533 g/mol. The Hall–Kier alpha value is -1.23. The summed E-state index contributed by atoms with van der Waals surface area (Å²) >= 11 is 0. The van der Waals surface area contributed by atoms with E-state index in [0.717, 1.165) is 0 Å². The molecule has 0 atom stereocenters. The Balaban J connectivity index is 6.31. The van der Waals surface area contributed by atoms with Crippen LogP contribution in [-0.4, -0.2) is 60.2 Å². The minimum Gasteiger partial charge on any atom is -0.314 e. The first kappa shape index (κ1) is 31.8. The Morgan fingerprint density at radius 1 is 0.485 bits per heavy atom. The fourth-order valence-corrected chi connectivity index (χ4v) is 2.36. The van der Waals surface area contributed by atoms with Crippen LogP contribution in [0.25, 0.3) is 0 Å². The minimum atomic E-state index is -8.59. The number of hydrogen-bond acceptors (Lipinski definition) is 1. The van der Waals surface area contributed by atoms with Crippen molar-refractivity contribution in [2.75, 3.05) is 6.54 Å². The highest BCUT2D eigenvalue weighted by Crippen LogP contribution is 2.64. The van der Waals surface area contributed by atoms with Gasteiger partial charge in [-0.1, -0.05) is 13.8 Å². The van der Waals surface area contributed by atoms with Crippen molar-refractivity contribution in [3.8, 4) is 0 Å². The highest BCUT2D eigenvalue weighted by Gasteiger charge is 2.95. The van der Waals surface area contributed by atoms with Crippen molar-refractivity contribution in [3.05, 3.63) is 0 Å². The molecule has 0 bridgehead atoms. The SMILES string of the molecule is CCC(CC)NCCC(F)(F)C(F)(F)C(F)(F)C(F)(F)C(F)(F)C(F)(F)C(F)(F)C(F)(F)F. The third-order valence-electron chi connectivity index (χ3n) is 4.64. The van der Waals surface area contributed by atoms with Crippen LogP contribution >= 0.6 is 0 Å². The lowest BCUT2D eigenvalue weighted by atomic mass is 9.88. The van der Waals surface area contributed by atoms with Gasteiger partial charge in [0.05, 0.1) is 0 Å². The molecule has 0 amide bonds. The van der Waals surface area contributed by atoms with Crippen LogP contribution in [0.4, 0.5) is 74.6 Å². The van der Waals surface area contributed by atoms with Gasteiger partial charge < -0.3 is 5.32 Å². The fourth-order valence-electron chi connectivity index (χ4n) is 2.36. The van der Waals surface area contributed by atoms with Crippen LogP contribution in [0.1, 0.15) is 33.1 Å². The van der Waals surface area contributed by atoms with E-state index < -0.39 is 66.6 Å². The first-order valence-corrected chi connectivity index (χ1v) is 8.69. The number of rotatable bonds is 12. The predicted octanol–water partition coefficient (Wildman–Crippen LogP) is 7.16. The third-order valence-corrected chi connectivity index (χ3v) is 4.64. The molecule has 0 rings (SSSR count). The smallest absolute Gasteiger partial charge is 0.314 e. The molecule has 0 radical (unpaired) electrons. The van der Waals surface area contributed by atoms with E-state index in [1.54, 1.807) is 0 Å². The zero-order chi connectivity index (χ0) is 27.1. The van der Waals surface area contributed by atoms with E-state index in [0.29, 0.717) is 0 Å². The second kappa shape index (κ2) is 9.09. The van der Waals surface area contributed by atoms with E-state index in [1.807, 2.05) is 0 Å². The van der Waals surface area contributed by atoms with Gasteiger partial charge in [-0.15, -0.1) is 0 Å². The molecular formula is C15H16F17N. The van der Waals surface area contributed by atoms with Gasteiger partial charge in [0.2, 0.25) is 0 Å². The van der Waals surface area contributed by atoms with Gasteiger partial charge in [0.15, 0.2) is 0 Å². The normalized spacial score (nSPS) is 16.0. The predicted molar refractivity (Wildman–Crippen MR) is 77.7 cm³/mol. The maximum atomic E-state index is 13.6. The fraction of sp³-hybridized carbons (Fsp3) is 1.00. The van der Waals surface area contributed by atoms with E-state index >= 15 is 0 Å². The molecule has 33 heavy (non-hydrogen) atoms. The number of hydrogen-bond donors (Lipinski definition) is 1. The van der Waals surface area contributed by atoms with Crippen molar-refractivity contribution in [1.29, 1.82) is 0 Å². The number of halogens is 17. The Bertz CT molecular complexity index is 647. The lowest BCUT2D eigenvalue weighted by Gasteiger charge is -2.42. The summed E-state index contributed by atoms with van der Waals surface area (Å²) < 4.78 is 223. The van der Waals surface area contributed by atoms with Crippen LogP contribution in [0, 0.1) is 0 Å². The number of alkyl halides is 17. The van der Waals surface area contributed by atoms with Crippen molar-refractivity contribution in [3.63, 3.8) is 0 Å². The van der Waals surface area contributed by atoms with Gasteiger partial charge in [-0.05, 0) is 12.8 Å². The van der Waals surface area contributed by atoms with Crippen LogP contribution in [0.2, 0.25) is 0 Å². The van der Waals surface area contributed by atoms with Crippen molar-refractivity contribution in [2.45, 2.75) is 86.8 Å². The molecular weight excluding hydrogens is 517 g/mol. The zero-order valence-electron chi connectivity index (χ0n) is 16.3. The quantitative estimate of drug-likeness (QED) is 0.263. The average molecular weight is 533 g/mol. The second-order valence-corrected chi connectivity index (χ2v) is 6.87. The van der Waals surface area contributed by atoms with Gasteiger partial charge in [-0.2, -0.15) is 74.6 Å². The van der Waals surface area contributed by atoms with Crippen molar-refractivity contribution < 1.29 is 74.6 Å². The summed E-state index contributed by atoms with van der Waals surface area (Å²) in [5.74, 6) is -55.9. The first-order valence-electron chi connectivity index (χ1n) is 8.69. The molecule has 0 aliphatic rings. The number of nitrogens with one attached hydrogen (secondary N) is 1. The van der Waals surface area contributed by atoms with Gasteiger partial charge in [-0.25, -0.2) is 0 Å². The van der Waals surface area contributed by atoms with Crippen LogP contribution in [0.3, 0.4) is 0 Å². The van der Waals surface area contributed by atoms with Crippen LogP contribution in [-0.2, 0) is 0 Å². The summed E-state index contributed by atoms with van der Waals surface area (Å²) in [6.45, 7) is 1.58. The third kappa shape index (κ3) is 4.81. The Kier molecular flexibility index (Phi) is 8.75. The highest BCUT2D eigenvalue weighted by molar-refractivity contribution is 5.15. The van der Waals surface area contributed by atoms with Gasteiger partial charge in [0.1, 0.15) is 0 Å². The average Bonchev–Trinajstić information content (AvgIpc) is 2.63. The largest absolute Gasteiger partial charge is 0.460 e. The lowest BCUT2D eigenvalue weighted by Crippen LogP contribution is -2.74. The summed E-state index contributed by atoms with van der Waals surface area (Å²) in [5.41, 5.74) is 0.